The second-order valence-electron chi connectivity index (χ2n) is 5.57. The van der Waals surface area contributed by atoms with Crippen molar-refractivity contribution in [2.45, 2.75) is 13.0 Å². The van der Waals surface area contributed by atoms with Crippen LogP contribution in [0, 0.1) is 5.82 Å². The highest BCUT2D eigenvalue weighted by Gasteiger charge is 2.13. The Morgan fingerprint density at radius 3 is 2.41 bits per heavy atom. The molecule has 0 saturated heterocycles. The van der Waals surface area contributed by atoms with Gasteiger partial charge in [0, 0.05) is 6.42 Å². The first-order chi connectivity index (χ1) is 12.7. The lowest BCUT2D eigenvalue weighted by Crippen LogP contribution is -2.03. The van der Waals surface area contributed by atoms with E-state index in [1.807, 2.05) is 24.3 Å². The van der Waals surface area contributed by atoms with E-state index in [0.29, 0.717) is 23.0 Å². The van der Waals surface area contributed by atoms with Gasteiger partial charge in [0.15, 0.2) is 5.82 Å². The van der Waals surface area contributed by atoms with Gasteiger partial charge in [0.2, 0.25) is 4.96 Å². The molecule has 0 spiro atoms. The van der Waals surface area contributed by atoms with E-state index in [-0.39, 0.29) is 24.8 Å². The van der Waals surface area contributed by atoms with Crippen molar-refractivity contribution in [3.63, 3.8) is 0 Å². The first-order valence-corrected chi connectivity index (χ1v) is 8.74. The largest absolute Gasteiger partial charge is 0.497 e. The number of aromatic nitrogens is 4. The summed E-state index contributed by atoms with van der Waals surface area (Å²) in [5, 5.41) is 13.8. The molecule has 0 atom stereocenters. The molecule has 0 radical (unpaired) electrons. The van der Waals surface area contributed by atoms with E-state index in [1.54, 1.807) is 23.8 Å². The summed E-state index contributed by atoms with van der Waals surface area (Å²) in [6.07, 6.45) is 0.705. The Morgan fingerprint density at radius 1 is 1.00 bits per heavy atom. The highest BCUT2D eigenvalue weighted by Crippen LogP contribution is 2.20. The molecule has 2 aromatic carbocycles. The van der Waals surface area contributed by atoms with Crippen molar-refractivity contribution in [3.05, 3.63) is 70.7 Å². The maximum atomic E-state index is 12.9. The summed E-state index contributed by atoms with van der Waals surface area (Å²) in [4.78, 5) is 0.714. The lowest BCUT2D eigenvalue weighted by Gasteiger charge is -2.03. The standard InChI is InChI=1S/C18H15FN4O2S.ClH/c1-24-14-6-2-12(3-7-14)10-17-22-23-16(20-21-18(23)26-17)11-25-15-8-4-13(19)5-9-15;/h2-9H,10-11H2,1H3;1H. The normalized spacial score (nSPS) is 10.6. The van der Waals surface area contributed by atoms with Gasteiger partial charge >= 0.3 is 0 Å². The van der Waals surface area contributed by atoms with Gasteiger partial charge in [-0.05, 0) is 42.0 Å². The minimum atomic E-state index is -0.301. The number of benzene rings is 2. The van der Waals surface area contributed by atoms with Gasteiger partial charge in [-0.25, -0.2) is 4.39 Å². The highest BCUT2D eigenvalue weighted by molar-refractivity contribution is 7.16. The van der Waals surface area contributed by atoms with Gasteiger partial charge in [0.05, 0.1) is 7.11 Å². The van der Waals surface area contributed by atoms with E-state index in [2.05, 4.69) is 15.3 Å². The number of hydrogen-bond donors (Lipinski definition) is 0. The SMILES string of the molecule is COc1ccc(Cc2nn3c(COc4ccc(F)cc4)nnc3s2)cc1.Cl. The van der Waals surface area contributed by atoms with Gasteiger partial charge in [0.25, 0.3) is 0 Å². The molecule has 0 aliphatic rings. The molecule has 0 N–H and O–H groups in total. The van der Waals surface area contributed by atoms with E-state index in [1.165, 1.54) is 23.5 Å². The molecule has 0 bridgehead atoms. The van der Waals surface area contributed by atoms with Crippen molar-refractivity contribution < 1.29 is 13.9 Å². The molecule has 27 heavy (non-hydrogen) atoms. The average molecular weight is 407 g/mol. The van der Waals surface area contributed by atoms with Crippen molar-refractivity contribution in [1.29, 1.82) is 0 Å². The van der Waals surface area contributed by atoms with Gasteiger partial charge in [-0.2, -0.15) is 9.61 Å². The fraction of sp³-hybridized carbons (Fsp3) is 0.167. The van der Waals surface area contributed by atoms with Crippen molar-refractivity contribution >= 4 is 28.7 Å². The summed E-state index contributed by atoms with van der Waals surface area (Å²) >= 11 is 1.49. The predicted octanol–water partition coefficient (Wildman–Crippen LogP) is 3.93. The van der Waals surface area contributed by atoms with Crippen LogP contribution in [0.25, 0.3) is 4.96 Å². The molecule has 0 saturated carbocycles. The van der Waals surface area contributed by atoms with Gasteiger partial charge in [-0.3, -0.25) is 0 Å². The Hall–Kier alpha value is -2.71. The number of halogens is 2. The van der Waals surface area contributed by atoms with Crippen LogP contribution < -0.4 is 9.47 Å². The summed E-state index contributed by atoms with van der Waals surface area (Å²) in [6.45, 7) is 0.207. The van der Waals surface area contributed by atoms with Gasteiger partial charge in [0.1, 0.15) is 28.9 Å². The second kappa shape index (κ2) is 8.32. The molecule has 0 fully saturated rings. The van der Waals surface area contributed by atoms with Crippen LogP contribution in [0.4, 0.5) is 4.39 Å². The number of ether oxygens (including phenoxy) is 2. The molecule has 0 aliphatic carbocycles. The van der Waals surface area contributed by atoms with Crippen LogP contribution in [0.15, 0.2) is 48.5 Å². The Balaban J connectivity index is 0.00000210. The van der Waals surface area contributed by atoms with Crippen LogP contribution in [0.5, 0.6) is 11.5 Å². The first-order valence-electron chi connectivity index (χ1n) is 7.92. The highest BCUT2D eigenvalue weighted by atomic mass is 35.5. The maximum Gasteiger partial charge on any atom is 0.234 e. The molecule has 2 aromatic heterocycles. The predicted molar refractivity (Wildman–Crippen MR) is 102 cm³/mol. The molecule has 9 heteroatoms. The number of hydrogen-bond acceptors (Lipinski definition) is 6. The molecule has 6 nitrogen and oxygen atoms in total. The van der Waals surface area contributed by atoms with Crippen molar-refractivity contribution in [1.82, 2.24) is 19.8 Å². The van der Waals surface area contributed by atoms with Crippen LogP contribution in [0.3, 0.4) is 0 Å². The Kier molecular flexibility index (Phi) is 5.88. The van der Waals surface area contributed by atoms with E-state index in [9.17, 15) is 4.39 Å². The molecule has 140 valence electrons. The summed E-state index contributed by atoms with van der Waals surface area (Å²) in [5.41, 5.74) is 1.14. The fourth-order valence-corrected chi connectivity index (χ4v) is 3.34. The van der Waals surface area contributed by atoms with E-state index < -0.39 is 0 Å². The van der Waals surface area contributed by atoms with E-state index in [4.69, 9.17) is 9.47 Å². The summed E-state index contributed by atoms with van der Waals surface area (Å²) in [7, 11) is 1.65. The molecule has 0 amide bonds. The quantitative estimate of drug-likeness (QED) is 0.485. The topological polar surface area (TPSA) is 61.5 Å². The maximum absolute atomic E-state index is 12.9. The molecule has 4 aromatic rings. The van der Waals surface area contributed by atoms with Gasteiger partial charge in [-0.1, -0.05) is 23.5 Å². The lowest BCUT2D eigenvalue weighted by molar-refractivity contribution is 0.292. The Labute approximate surface area is 165 Å². The molecule has 0 aliphatic heterocycles. The zero-order valence-corrected chi connectivity index (χ0v) is 16.0. The summed E-state index contributed by atoms with van der Waals surface area (Å²) < 4.78 is 25.4. The third-order valence-corrected chi connectivity index (χ3v) is 4.69. The van der Waals surface area contributed by atoms with Gasteiger partial charge in [-0.15, -0.1) is 22.6 Å². The van der Waals surface area contributed by atoms with Crippen molar-refractivity contribution in [2.75, 3.05) is 7.11 Å². The first kappa shape index (κ1) is 19.1. The third kappa shape index (κ3) is 4.35. The lowest BCUT2D eigenvalue weighted by atomic mass is 10.1. The Bertz CT molecular complexity index is 1020. The molecule has 2 heterocycles. The van der Waals surface area contributed by atoms with Crippen molar-refractivity contribution in [2.24, 2.45) is 0 Å². The van der Waals surface area contributed by atoms with Crippen LogP contribution >= 0.6 is 23.7 Å². The fourth-order valence-electron chi connectivity index (χ4n) is 2.46. The molecule has 4 rings (SSSR count). The number of rotatable bonds is 6. The minimum absolute atomic E-state index is 0. The van der Waals surface area contributed by atoms with Crippen LogP contribution in [0.1, 0.15) is 16.4 Å². The van der Waals surface area contributed by atoms with E-state index >= 15 is 0 Å². The van der Waals surface area contributed by atoms with Crippen molar-refractivity contribution in [3.8, 4) is 11.5 Å². The molecular weight excluding hydrogens is 391 g/mol. The summed E-state index contributed by atoms with van der Waals surface area (Å²) in [5.74, 6) is 1.69. The number of fused-ring (bicyclic) bond motifs is 1. The van der Waals surface area contributed by atoms with Gasteiger partial charge < -0.3 is 9.47 Å². The zero-order valence-electron chi connectivity index (χ0n) is 14.3. The third-order valence-electron chi connectivity index (χ3n) is 3.79. The van der Waals surface area contributed by atoms with Crippen LogP contribution in [-0.4, -0.2) is 26.9 Å². The van der Waals surface area contributed by atoms with Crippen LogP contribution in [0.2, 0.25) is 0 Å². The Morgan fingerprint density at radius 2 is 1.70 bits per heavy atom. The molecule has 0 unspecified atom stereocenters. The zero-order chi connectivity index (χ0) is 17.9. The van der Waals surface area contributed by atoms with E-state index in [0.717, 1.165) is 16.3 Å². The minimum Gasteiger partial charge on any atom is -0.497 e. The monoisotopic (exact) mass is 406 g/mol. The number of methoxy groups -OCH3 is 1. The second-order valence-corrected chi connectivity index (χ2v) is 6.61. The molecular formula is C18H16ClFN4O2S. The smallest absolute Gasteiger partial charge is 0.234 e. The van der Waals surface area contributed by atoms with Crippen LogP contribution in [-0.2, 0) is 13.0 Å². The summed E-state index contributed by atoms with van der Waals surface area (Å²) in [6, 6.07) is 13.7. The average Bonchev–Trinajstić information content (AvgIpc) is 3.22. The number of nitrogens with zero attached hydrogens (tertiary/aromatic N) is 4.